The van der Waals surface area contributed by atoms with Gasteiger partial charge in [0, 0.05) is 12.4 Å². The first-order chi connectivity index (χ1) is 7.54. The van der Waals surface area contributed by atoms with Crippen molar-refractivity contribution in [2.45, 2.75) is 0 Å². The zero-order valence-electron chi connectivity index (χ0n) is 8.02. The summed E-state index contributed by atoms with van der Waals surface area (Å²) in [6.45, 7) is 0. The lowest BCUT2D eigenvalue weighted by molar-refractivity contribution is 0.374. The molecular formula is C9H5F5N2S. The third kappa shape index (κ3) is 1.99. The molecule has 2 rings (SSSR count). The van der Waals surface area contributed by atoms with E-state index in [0.717, 1.165) is 12.4 Å². The first kappa shape index (κ1) is 13.5. The fourth-order valence-corrected chi connectivity index (χ4v) is 1.20. The highest BCUT2D eigenvalue weighted by molar-refractivity contribution is 7.59. The van der Waals surface area contributed by atoms with Crippen molar-refractivity contribution in [1.29, 1.82) is 0 Å². The number of halogens is 5. The van der Waals surface area contributed by atoms with Crippen LogP contribution in [0, 0.1) is 29.1 Å². The molecule has 0 bridgehead atoms. The van der Waals surface area contributed by atoms with Crippen molar-refractivity contribution in [3.05, 3.63) is 47.5 Å². The fourth-order valence-electron chi connectivity index (χ4n) is 1.20. The van der Waals surface area contributed by atoms with Crippen molar-refractivity contribution < 1.29 is 22.0 Å². The molecule has 17 heavy (non-hydrogen) atoms. The van der Waals surface area contributed by atoms with Gasteiger partial charge in [-0.25, -0.2) is 26.6 Å². The summed E-state index contributed by atoms with van der Waals surface area (Å²) in [6.07, 6.45) is 2.22. The van der Waals surface area contributed by atoms with Crippen molar-refractivity contribution in [2.75, 3.05) is 0 Å². The maximum Gasteiger partial charge on any atom is 0.200 e. The second-order valence-electron chi connectivity index (χ2n) is 2.87. The Morgan fingerprint density at radius 2 is 1.29 bits per heavy atom. The maximum atomic E-state index is 13.2. The van der Waals surface area contributed by atoms with E-state index in [9.17, 15) is 22.0 Å². The normalized spacial score (nSPS) is 10.2. The predicted octanol–water partition coefficient (Wildman–Crippen LogP) is 2.68. The van der Waals surface area contributed by atoms with Crippen LogP contribution in [0.3, 0.4) is 0 Å². The molecule has 0 fully saturated rings. The Labute approximate surface area is 99.1 Å². The van der Waals surface area contributed by atoms with Gasteiger partial charge in [-0.3, -0.25) is 0 Å². The van der Waals surface area contributed by atoms with Crippen LogP contribution in [-0.2, 0) is 0 Å². The first-order valence-electron chi connectivity index (χ1n) is 4.05. The Bertz CT molecular complexity index is 512. The summed E-state index contributed by atoms with van der Waals surface area (Å²) in [5.41, 5.74) is -1.10. The number of hydrogen-bond donors (Lipinski definition) is 0. The van der Waals surface area contributed by atoms with Crippen molar-refractivity contribution >= 4 is 13.5 Å². The highest BCUT2D eigenvalue weighted by atomic mass is 32.1. The van der Waals surface area contributed by atoms with Crippen LogP contribution in [0.1, 0.15) is 0 Å². The average Bonchev–Trinajstić information content (AvgIpc) is 2.77. The summed E-state index contributed by atoms with van der Waals surface area (Å²) in [5, 5.41) is 3.40. The molecule has 0 atom stereocenters. The van der Waals surface area contributed by atoms with Gasteiger partial charge in [0.2, 0.25) is 5.82 Å². The zero-order chi connectivity index (χ0) is 11.9. The van der Waals surface area contributed by atoms with Crippen LogP contribution in [0.25, 0.3) is 5.69 Å². The Kier molecular flexibility index (Phi) is 3.76. The van der Waals surface area contributed by atoms with Gasteiger partial charge >= 0.3 is 0 Å². The minimum absolute atomic E-state index is 0. The van der Waals surface area contributed by atoms with Crippen molar-refractivity contribution in [2.24, 2.45) is 0 Å². The summed E-state index contributed by atoms with van der Waals surface area (Å²) in [4.78, 5) is 0. The van der Waals surface area contributed by atoms with E-state index in [-0.39, 0.29) is 13.5 Å². The topological polar surface area (TPSA) is 17.8 Å². The minimum atomic E-state index is -2.19. The minimum Gasteiger partial charge on any atom is -0.235 e. The van der Waals surface area contributed by atoms with Crippen LogP contribution in [0.4, 0.5) is 22.0 Å². The van der Waals surface area contributed by atoms with Crippen LogP contribution in [-0.4, -0.2) is 9.78 Å². The van der Waals surface area contributed by atoms with E-state index in [4.69, 9.17) is 0 Å². The maximum absolute atomic E-state index is 13.2. The summed E-state index contributed by atoms with van der Waals surface area (Å²) in [5.74, 6) is -10.0. The molecule has 0 amide bonds. The Hall–Kier alpha value is -1.57. The molecule has 0 aliphatic carbocycles. The van der Waals surface area contributed by atoms with Gasteiger partial charge < -0.3 is 0 Å². The second-order valence-corrected chi connectivity index (χ2v) is 2.87. The smallest absolute Gasteiger partial charge is 0.200 e. The third-order valence-electron chi connectivity index (χ3n) is 1.92. The van der Waals surface area contributed by atoms with Crippen LogP contribution in [0.5, 0.6) is 0 Å². The van der Waals surface area contributed by atoms with Gasteiger partial charge in [0.25, 0.3) is 0 Å². The molecule has 0 spiro atoms. The molecule has 0 aliphatic rings. The summed E-state index contributed by atoms with van der Waals surface area (Å²) >= 11 is 0. The molecule has 0 unspecified atom stereocenters. The van der Waals surface area contributed by atoms with Crippen LogP contribution in [0.2, 0.25) is 0 Å². The summed E-state index contributed by atoms with van der Waals surface area (Å²) in [7, 11) is 0. The molecule has 92 valence electrons. The highest BCUT2D eigenvalue weighted by Crippen LogP contribution is 2.25. The monoisotopic (exact) mass is 268 g/mol. The number of aromatic nitrogens is 2. The lowest BCUT2D eigenvalue weighted by Crippen LogP contribution is -2.09. The van der Waals surface area contributed by atoms with E-state index in [1.54, 1.807) is 0 Å². The number of rotatable bonds is 1. The molecule has 0 aliphatic heterocycles. The van der Waals surface area contributed by atoms with E-state index >= 15 is 0 Å². The van der Waals surface area contributed by atoms with E-state index in [0.29, 0.717) is 4.68 Å². The molecule has 1 aromatic carbocycles. The van der Waals surface area contributed by atoms with Crippen molar-refractivity contribution in [3.63, 3.8) is 0 Å². The number of nitrogens with zero attached hydrogens (tertiary/aromatic N) is 2. The van der Waals surface area contributed by atoms with E-state index in [1.165, 1.54) is 6.07 Å². The van der Waals surface area contributed by atoms with Crippen molar-refractivity contribution in [3.8, 4) is 5.69 Å². The third-order valence-corrected chi connectivity index (χ3v) is 1.92. The molecule has 0 saturated carbocycles. The molecular weight excluding hydrogens is 263 g/mol. The second kappa shape index (κ2) is 4.74. The van der Waals surface area contributed by atoms with Crippen LogP contribution < -0.4 is 0 Å². The average molecular weight is 268 g/mol. The lowest BCUT2D eigenvalue weighted by atomic mass is 10.2. The number of hydrogen-bond acceptors (Lipinski definition) is 1. The van der Waals surface area contributed by atoms with Crippen LogP contribution in [0.15, 0.2) is 18.5 Å². The summed E-state index contributed by atoms with van der Waals surface area (Å²) in [6, 6.07) is 1.29. The van der Waals surface area contributed by atoms with Gasteiger partial charge in [-0.05, 0) is 6.07 Å². The predicted molar refractivity (Wildman–Crippen MR) is 53.7 cm³/mol. The highest BCUT2D eigenvalue weighted by Gasteiger charge is 2.26. The largest absolute Gasteiger partial charge is 0.235 e. The van der Waals surface area contributed by atoms with E-state index in [2.05, 4.69) is 5.10 Å². The molecule has 2 nitrogen and oxygen atoms in total. The molecule has 1 heterocycles. The van der Waals surface area contributed by atoms with E-state index < -0.39 is 34.8 Å². The molecule has 0 radical (unpaired) electrons. The number of benzene rings is 1. The van der Waals surface area contributed by atoms with Gasteiger partial charge in [-0.2, -0.15) is 18.6 Å². The quantitative estimate of drug-likeness (QED) is 0.442. The summed E-state index contributed by atoms with van der Waals surface area (Å²) < 4.78 is 65.2. The Morgan fingerprint density at radius 1 is 0.824 bits per heavy atom. The zero-order valence-corrected chi connectivity index (χ0v) is 9.02. The standard InChI is InChI=1S/C9H3F5N2.H2S/c10-4-5(11)7(13)9(8(14)6(4)12)16-3-1-2-15-16;/h1-3H;1H2. The van der Waals surface area contributed by atoms with Gasteiger partial charge in [-0.1, -0.05) is 0 Å². The first-order valence-corrected chi connectivity index (χ1v) is 4.05. The SMILES string of the molecule is Fc1c(F)c(F)c(-n2cccn2)c(F)c1F.S. The Morgan fingerprint density at radius 3 is 1.71 bits per heavy atom. The van der Waals surface area contributed by atoms with Gasteiger partial charge in [0.05, 0.1) is 0 Å². The van der Waals surface area contributed by atoms with Gasteiger partial charge in [0.1, 0.15) is 5.69 Å². The fraction of sp³-hybridized carbons (Fsp3) is 0. The van der Waals surface area contributed by atoms with Crippen LogP contribution >= 0.6 is 13.5 Å². The van der Waals surface area contributed by atoms with Gasteiger partial charge in [-0.15, -0.1) is 0 Å². The van der Waals surface area contributed by atoms with Crippen molar-refractivity contribution in [1.82, 2.24) is 9.78 Å². The van der Waals surface area contributed by atoms with E-state index in [1.807, 2.05) is 0 Å². The molecule has 8 heteroatoms. The van der Waals surface area contributed by atoms with Gasteiger partial charge in [0.15, 0.2) is 23.3 Å². The molecule has 0 N–H and O–H groups in total. The molecule has 2 aromatic rings. The molecule has 0 saturated heterocycles. The Balaban J connectivity index is 0.00000144. The molecule has 1 aromatic heterocycles. The lowest BCUT2D eigenvalue weighted by Gasteiger charge is -2.07.